The number of hydrogen-bond donors (Lipinski definition) is 3. The van der Waals surface area contributed by atoms with Crippen LogP contribution in [-0.2, 0) is 11.2 Å². The fourth-order valence-corrected chi connectivity index (χ4v) is 4.34. The standard InChI is InChI=1S/C26H24ClN5O2S/c1-16-11-12-21(13-17(16)2)28-25(34)29-22(14-18-7-4-3-5-8-18)23(33)30-26-32-31-24(35-26)19-9-6-10-20(27)15-19/h3-13,15,22H,14H2,1-2H3,(H2,28,29,34)(H,30,32,33)/t22-/m1/s1. The number of halogens is 1. The van der Waals surface area contributed by atoms with Crippen LogP contribution in [0.1, 0.15) is 16.7 Å². The number of carbonyl (C=O) groups is 2. The van der Waals surface area contributed by atoms with Crippen molar-refractivity contribution in [3.8, 4) is 10.6 Å². The van der Waals surface area contributed by atoms with Crippen molar-refractivity contribution < 1.29 is 9.59 Å². The molecule has 9 heteroatoms. The second-order valence-electron chi connectivity index (χ2n) is 8.05. The molecule has 1 heterocycles. The molecule has 0 bridgehead atoms. The van der Waals surface area contributed by atoms with Crippen molar-refractivity contribution in [3.63, 3.8) is 0 Å². The Morgan fingerprint density at radius 1 is 0.914 bits per heavy atom. The molecule has 0 aliphatic carbocycles. The van der Waals surface area contributed by atoms with Crippen LogP contribution in [0.5, 0.6) is 0 Å². The first kappa shape index (κ1) is 24.4. The third-order valence-corrected chi connectivity index (χ3v) is 6.52. The van der Waals surface area contributed by atoms with Crippen molar-refractivity contribution in [1.82, 2.24) is 15.5 Å². The van der Waals surface area contributed by atoms with Gasteiger partial charge < -0.3 is 10.6 Å². The van der Waals surface area contributed by atoms with E-state index in [9.17, 15) is 9.59 Å². The molecule has 0 aliphatic heterocycles. The maximum Gasteiger partial charge on any atom is 0.319 e. The zero-order valence-electron chi connectivity index (χ0n) is 19.2. The Morgan fingerprint density at radius 2 is 1.71 bits per heavy atom. The van der Waals surface area contributed by atoms with E-state index in [1.165, 1.54) is 11.3 Å². The van der Waals surface area contributed by atoms with Crippen LogP contribution in [0.3, 0.4) is 0 Å². The summed E-state index contributed by atoms with van der Waals surface area (Å²) in [6, 6.07) is 21.1. The maximum absolute atomic E-state index is 13.2. The van der Waals surface area contributed by atoms with Gasteiger partial charge in [-0.3, -0.25) is 10.1 Å². The summed E-state index contributed by atoms with van der Waals surface area (Å²) in [5, 5.41) is 18.2. The fraction of sp³-hybridized carbons (Fsp3) is 0.154. The quantitative estimate of drug-likeness (QED) is 0.293. The van der Waals surface area contributed by atoms with E-state index in [1.54, 1.807) is 12.1 Å². The minimum atomic E-state index is -0.831. The summed E-state index contributed by atoms with van der Waals surface area (Å²) in [6.07, 6.45) is 0.312. The predicted molar refractivity (Wildman–Crippen MR) is 141 cm³/mol. The van der Waals surface area contributed by atoms with Gasteiger partial charge in [0.2, 0.25) is 11.0 Å². The van der Waals surface area contributed by atoms with Crippen LogP contribution in [0.4, 0.5) is 15.6 Å². The van der Waals surface area contributed by atoms with Crippen LogP contribution in [0.25, 0.3) is 10.6 Å². The minimum absolute atomic E-state index is 0.312. The largest absolute Gasteiger partial charge is 0.326 e. The molecule has 35 heavy (non-hydrogen) atoms. The molecule has 0 saturated heterocycles. The van der Waals surface area contributed by atoms with Gasteiger partial charge in [0.25, 0.3) is 0 Å². The number of hydrogen-bond acceptors (Lipinski definition) is 5. The molecule has 1 aromatic heterocycles. The van der Waals surface area contributed by atoms with Crippen LogP contribution in [0, 0.1) is 13.8 Å². The van der Waals surface area contributed by atoms with E-state index in [0.29, 0.717) is 27.3 Å². The van der Waals surface area contributed by atoms with Gasteiger partial charge in [-0.2, -0.15) is 0 Å². The molecule has 3 amide bonds. The van der Waals surface area contributed by atoms with Gasteiger partial charge in [0.05, 0.1) is 0 Å². The first-order valence-electron chi connectivity index (χ1n) is 11.0. The molecule has 0 aliphatic rings. The normalized spacial score (nSPS) is 11.5. The Balaban J connectivity index is 1.48. The van der Waals surface area contributed by atoms with Gasteiger partial charge >= 0.3 is 6.03 Å². The number of aryl methyl sites for hydroxylation is 2. The molecule has 3 aromatic carbocycles. The molecule has 4 rings (SSSR count). The maximum atomic E-state index is 13.2. The van der Waals surface area contributed by atoms with E-state index in [0.717, 1.165) is 22.3 Å². The van der Waals surface area contributed by atoms with Crippen molar-refractivity contribution in [2.75, 3.05) is 10.6 Å². The van der Waals surface area contributed by atoms with Gasteiger partial charge in [-0.05, 0) is 54.8 Å². The number of amides is 3. The molecular weight excluding hydrogens is 482 g/mol. The molecule has 178 valence electrons. The molecule has 0 spiro atoms. The first-order valence-corrected chi connectivity index (χ1v) is 12.2. The van der Waals surface area contributed by atoms with Gasteiger partial charge in [-0.15, -0.1) is 10.2 Å². The highest BCUT2D eigenvalue weighted by Gasteiger charge is 2.23. The molecule has 0 saturated carbocycles. The van der Waals surface area contributed by atoms with Crippen molar-refractivity contribution in [1.29, 1.82) is 0 Å². The number of aromatic nitrogens is 2. The predicted octanol–water partition coefficient (Wildman–Crippen LogP) is 5.85. The summed E-state index contributed by atoms with van der Waals surface area (Å²) >= 11 is 7.30. The number of rotatable bonds is 7. The highest BCUT2D eigenvalue weighted by atomic mass is 35.5. The summed E-state index contributed by atoms with van der Waals surface area (Å²) in [7, 11) is 0. The van der Waals surface area contributed by atoms with Crippen LogP contribution in [-0.4, -0.2) is 28.2 Å². The molecule has 1 atom stereocenters. The smallest absolute Gasteiger partial charge is 0.319 e. The second kappa shape index (κ2) is 11.1. The molecule has 0 fully saturated rings. The average Bonchev–Trinajstić information content (AvgIpc) is 3.30. The monoisotopic (exact) mass is 505 g/mol. The summed E-state index contributed by atoms with van der Waals surface area (Å²) in [4.78, 5) is 25.9. The van der Waals surface area contributed by atoms with Crippen LogP contribution in [0.2, 0.25) is 5.02 Å². The SMILES string of the molecule is Cc1ccc(NC(=O)N[C@H](Cc2ccccc2)C(=O)Nc2nnc(-c3cccc(Cl)c3)s2)cc1C. The van der Waals surface area contributed by atoms with Gasteiger partial charge in [0.15, 0.2) is 0 Å². The Bertz CT molecular complexity index is 1340. The van der Waals surface area contributed by atoms with Crippen LogP contribution >= 0.6 is 22.9 Å². The lowest BCUT2D eigenvalue weighted by atomic mass is 10.1. The van der Waals surface area contributed by atoms with E-state index in [4.69, 9.17) is 11.6 Å². The van der Waals surface area contributed by atoms with Gasteiger partial charge in [0, 0.05) is 22.7 Å². The number of anilines is 2. The summed E-state index contributed by atoms with van der Waals surface area (Å²) in [5.41, 5.74) is 4.57. The topological polar surface area (TPSA) is 96.0 Å². The fourth-order valence-electron chi connectivity index (χ4n) is 3.41. The average molecular weight is 506 g/mol. The van der Waals surface area contributed by atoms with Gasteiger partial charge in [-0.25, -0.2) is 4.79 Å². The third kappa shape index (κ3) is 6.65. The van der Waals surface area contributed by atoms with Crippen molar-refractivity contribution in [2.45, 2.75) is 26.3 Å². The number of carbonyl (C=O) groups excluding carboxylic acids is 2. The lowest BCUT2D eigenvalue weighted by Crippen LogP contribution is -2.46. The Kier molecular flexibility index (Phi) is 7.74. The lowest BCUT2D eigenvalue weighted by molar-refractivity contribution is -0.117. The van der Waals surface area contributed by atoms with E-state index in [-0.39, 0.29) is 0 Å². The Hall–Kier alpha value is -3.75. The Labute approximate surface area is 212 Å². The van der Waals surface area contributed by atoms with E-state index in [2.05, 4.69) is 26.1 Å². The second-order valence-corrected chi connectivity index (χ2v) is 9.47. The number of urea groups is 1. The summed E-state index contributed by atoms with van der Waals surface area (Å²) in [5.74, 6) is -0.391. The summed E-state index contributed by atoms with van der Waals surface area (Å²) in [6.45, 7) is 3.98. The number of nitrogens with zero attached hydrogens (tertiary/aromatic N) is 2. The van der Waals surface area contributed by atoms with Crippen molar-refractivity contribution in [2.24, 2.45) is 0 Å². The van der Waals surface area contributed by atoms with Crippen molar-refractivity contribution >= 4 is 45.7 Å². The molecular formula is C26H24ClN5O2S. The summed E-state index contributed by atoms with van der Waals surface area (Å²) < 4.78 is 0. The Morgan fingerprint density at radius 3 is 2.46 bits per heavy atom. The number of benzene rings is 3. The first-order chi connectivity index (χ1) is 16.9. The molecule has 0 unspecified atom stereocenters. The molecule has 0 radical (unpaired) electrons. The van der Waals surface area contributed by atoms with E-state index < -0.39 is 18.0 Å². The van der Waals surface area contributed by atoms with Crippen molar-refractivity contribution in [3.05, 3.63) is 94.5 Å². The van der Waals surface area contributed by atoms with Gasteiger partial charge in [0.1, 0.15) is 11.0 Å². The number of nitrogens with one attached hydrogen (secondary N) is 3. The zero-order chi connectivity index (χ0) is 24.8. The highest BCUT2D eigenvalue weighted by Crippen LogP contribution is 2.28. The minimum Gasteiger partial charge on any atom is -0.326 e. The molecule has 3 N–H and O–H groups in total. The van der Waals surface area contributed by atoms with E-state index in [1.807, 2.05) is 74.5 Å². The zero-order valence-corrected chi connectivity index (χ0v) is 20.8. The van der Waals surface area contributed by atoms with Crippen LogP contribution in [0.15, 0.2) is 72.8 Å². The third-order valence-electron chi connectivity index (χ3n) is 5.40. The van der Waals surface area contributed by atoms with Gasteiger partial charge in [-0.1, -0.05) is 71.5 Å². The van der Waals surface area contributed by atoms with Crippen LogP contribution < -0.4 is 16.0 Å². The molecule has 7 nitrogen and oxygen atoms in total. The van der Waals surface area contributed by atoms with E-state index >= 15 is 0 Å². The highest BCUT2D eigenvalue weighted by molar-refractivity contribution is 7.18. The molecule has 4 aromatic rings. The lowest BCUT2D eigenvalue weighted by Gasteiger charge is -2.18.